The zero-order chi connectivity index (χ0) is 14.6. The Hall–Kier alpha value is -1.06. The number of carbonyl (C=O) groups is 2. The Labute approximate surface area is 116 Å². The van der Waals surface area contributed by atoms with Crippen LogP contribution in [0.5, 0.6) is 0 Å². The van der Waals surface area contributed by atoms with Gasteiger partial charge in [0.05, 0.1) is 0 Å². The SMILES string of the molecule is CCCCC(C)N1C(=O)C(C)(CC)NC(=O)C1CC. The molecule has 2 amide bonds. The Bertz CT molecular complexity index is 343. The highest BCUT2D eigenvalue weighted by Crippen LogP contribution is 2.26. The molecule has 0 aromatic rings. The van der Waals surface area contributed by atoms with Gasteiger partial charge in [-0.3, -0.25) is 9.59 Å². The first-order chi connectivity index (χ1) is 8.91. The molecule has 0 radical (unpaired) electrons. The van der Waals surface area contributed by atoms with Crippen LogP contribution in [0.2, 0.25) is 0 Å². The van der Waals surface area contributed by atoms with Gasteiger partial charge in [0.15, 0.2) is 0 Å². The number of nitrogens with one attached hydrogen (secondary N) is 1. The van der Waals surface area contributed by atoms with E-state index in [0.29, 0.717) is 12.8 Å². The van der Waals surface area contributed by atoms with Gasteiger partial charge in [0.2, 0.25) is 11.8 Å². The van der Waals surface area contributed by atoms with Crippen LogP contribution in [-0.2, 0) is 9.59 Å². The number of hydrogen-bond acceptors (Lipinski definition) is 2. The third kappa shape index (κ3) is 3.10. The minimum atomic E-state index is -0.733. The number of carbonyl (C=O) groups excluding carboxylic acids is 2. The number of amides is 2. The molecule has 0 bridgehead atoms. The van der Waals surface area contributed by atoms with Crippen molar-refractivity contribution in [1.82, 2.24) is 10.2 Å². The van der Waals surface area contributed by atoms with Crippen molar-refractivity contribution in [3.63, 3.8) is 0 Å². The van der Waals surface area contributed by atoms with Crippen LogP contribution < -0.4 is 5.32 Å². The van der Waals surface area contributed by atoms with Crippen LogP contribution in [0.25, 0.3) is 0 Å². The second-order valence-corrected chi connectivity index (χ2v) is 5.80. The monoisotopic (exact) mass is 268 g/mol. The van der Waals surface area contributed by atoms with E-state index in [1.807, 2.05) is 25.7 Å². The quantitative estimate of drug-likeness (QED) is 0.804. The predicted octanol–water partition coefficient (Wildman–Crippen LogP) is 2.47. The van der Waals surface area contributed by atoms with E-state index in [-0.39, 0.29) is 23.9 Å². The molecule has 0 aliphatic carbocycles. The topological polar surface area (TPSA) is 49.4 Å². The fourth-order valence-electron chi connectivity index (χ4n) is 2.73. The van der Waals surface area contributed by atoms with Crippen LogP contribution in [0.15, 0.2) is 0 Å². The summed E-state index contributed by atoms with van der Waals surface area (Å²) in [5.74, 6) is 0.0693. The first-order valence-electron chi connectivity index (χ1n) is 7.56. The van der Waals surface area contributed by atoms with Gasteiger partial charge in [-0.15, -0.1) is 0 Å². The van der Waals surface area contributed by atoms with Gasteiger partial charge in [0.25, 0.3) is 0 Å². The third-order valence-electron chi connectivity index (χ3n) is 4.29. The van der Waals surface area contributed by atoms with Gasteiger partial charge in [0, 0.05) is 6.04 Å². The summed E-state index contributed by atoms with van der Waals surface area (Å²) in [7, 11) is 0. The van der Waals surface area contributed by atoms with Gasteiger partial charge in [-0.2, -0.15) is 0 Å². The molecule has 0 spiro atoms. The molecule has 19 heavy (non-hydrogen) atoms. The molecule has 0 saturated carbocycles. The second-order valence-electron chi connectivity index (χ2n) is 5.80. The highest BCUT2D eigenvalue weighted by molar-refractivity contribution is 5.99. The fourth-order valence-corrected chi connectivity index (χ4v) is 2.73. The lowest BCUT2D eigenvalue weighted by molar-refractivity contribution is -0.157. The van der Waals surface area contributed by atoms with E-state index in [1.54, 1.807) is 0 Å². The number of nitrogens with zero attached hydrogens (tertiary/aromatic N) is 1. The highest BCUT2D eigenvalue weighted by atomic mass is 16.2. The maximum absolute atomic E-state index is 12.7. The van der Waals surface area contributed by atoms with Gasteiger partial charge < -0.3 is 10.2 Å². The number of rotatable bonds is 6. The predicted molar refractivity (Wildman–Crippen MR) is 76.8 cm³/mol. The largest absolute Gasteiger partial charge is 0.340 e. The summed E-state index contributed by atoms with van der Waals surface area (Å²) in [4.78, 5) is 26.8. The smallest absolute Gasteiger partial charge is 0.248 e. The fraction of sp³-hybridized carbons (Fsp3) is 0.867. The molecular formula is C15H28N2O2. The maximum atomic E-state index is 12.7. The molecule has 0 aromatic heterocycles. The van der Waals surface area contributed by atoms with Crippen molar-refractivity contribution >= 4 is 11.8 Å². The van der Waals surface area contributed by atoms with Crippen molar-refractivity contribution in [1.29, 1.82) is 0 Å². The lowest BCUT2D eigenvalue weighted by Gasteiger charge is -2.46. The lowest BCUT2D eigenvalue weighted by Crippen LogP contribution is -2.70. The Morgan fingerprint density at radius 1 is 1.32 bits per heavy atom. The molecule has 0 aromatic carbocycles. The molecule has 110 valence electrons. The average molecular weight is 268 g/mol. The van der Waals surface area contributed by atoms with E-state index < -0.39 is 5.54 Å². The average Bonchev–Trinajstić information content (AvgIpc) is 2.39. The molecule has 1 N–H and O–H groups in total. The van der Waals surface area contributed by atoms with E-state index in [1.165, 1.54) is 0 Å². The summed E-state index contributed by atoms with van der Waals surface area (Å²) in [6, 6.07) is -0.173. The van der Waals surface area contributed by atoms with Crippen molar-refractivity contribution in [2.75, 3.05) is 0 Å². The van der Waals surface area contributed by atoms with Crippen LogP contribution in [0, 0.1) is 0 Å². The third-order valence-corrected chi connectivity index (χ3v) is 4.29. The van der Waals surface area contributed by atoms with Gasteiger partial charge in [-0.25, -0.2) is 0 Å². The first-order valence-corrected chi connectivity index (χ1v) is 7.56. The summed E-state index contributed by atoms with van der Waals surface area (Å²) >= 11 is 0. The van der Waals surface area contributed by atoms with E-state index in [2.05, 4.69) is 19.2 Å². The molecule has 3 atom stereocenters. The molecule has 1 saturated heterocycles. The molecule has 4 heteroatoms. The van der Waals surface area contributed by atoms with E-state index in [0.717, 1.165) is 19.3 Å². The Kier molecular flexibility index (Phi) is 5.39. The van der Waals surface area contributed by atoms with Crippen molar-refractivity contribution in [2.45, 2.75) is 84.3 Å². The summed E-state index contributed by atoms with van der Waals surface area (Å²) in [6.07, 6.45) is 4.47. The molecule has 3 unspecified atom stereocenters. The van der Waals surface area contributed by atoms with E-state index in [9.17, 15) is 9.59 Å². The van der Waals surface area contributed by atoms with E-state index in [4.69, 9.17) is 0 Å². The summed E-state index contributed by atoms with van der Waals surface area (Å²) < 4.78 is 0. The molecule has 1 aliphatic rings. The molecule has 1 fully saturated rings. The van der Waals surface area contributed by atoms with Gasteiger partial charge in [-0.05, 0) is 33.1 Å². The van der Waals surface area contributed by atoms with Crippen molar-refractivity contribution in [3.05, 3.63) is 0 Å². The first kappa shape index (κ1) is 16.0. The minimum absolute atomic E-state index is 0.00482. The number of unbranched alkanes of at least 4 members (excludes halogenated alkanes) is 1. The van der Waals surface area contributed by atoms with Gasteiger partial charge in [-0.1, -0.05) is 33.6 Å². The van der Waals surface area contributed by atoms with Gasteiger partial charge >= 0.3 is 0 Å². The van der Waals surface area contributed by atoms with Crippen LogP contribution in [-0.4, -0.2) is 34.3 Å². The van der Waals surface area contributed by atoms with Crippen LogP contribution in [0.1, 0.15) is 66.7 Å². The summed E-state index contributed by atoms with van der Waals surface area (Å²) in [6.45, 7) is 9.94. The van der Waals surface area contributed by atoms with Crippen LogP contribution in [0.3, 0.4) is 0 Å². The second kappa shape index (κ2) is 6.40. The van der Waals surface area contributed by atoms with Crippen molar-refractivity contribution in [2.24, 2.45) is 0 Å². The highest BCUT2D eigenvalue weighted by Gasteiger charge is 2.47. The van der Waals surface area contributed by atoms with E-state index >= 15 is 0 Å². The lowest BCUT2D eigenvalue weighted by atomic mass is 9.89. The Morgan fingerprint density at radius 3 is 2.42 bits per heavy atom. The van der Waals surface area contributed by atoms with Gasteiger partial charge in [0.1, 0.15) is 11.6 Å². The minimum Gasteiger partial charge on any atom is -0.340 e. The van der Waals surface area contributed by atoms with Crippen molar-refractivity contribution < 1.29 is 9.59 Å². The Morgan fingerprint density at radius 2 is 1.95 bits per heavy atom. The molecule has 4 nitrogen and oxygen atoms in total. The standard InChI is InChI=1S/C15H28N2O2/c1-6-9-10-11(4)17-12(7-2)13(18)16-15(5,8-3)14(17)19/h11-12H,6-10H2,1-5H3,(H,16,18). The molecule has 1 rings (SSSR count). The zero-order valence-corrected chi connectivity index (χ0v) is 13.0. The van der Waals surface area contributed by atoms with Crippen LogP contribution in [0.4, 0.5) is 0 Å². The zero-order valence-electron chi connectivity index (χ0n) is 13.0. The maximum Gasteiger partial charge on any atom is 0.248 e. The Balaban J connectivity index is 2.99. The summed E-state index contributed by atoms with van der Waals surface area (Å²) in [5, 5.41) is 2.90. The molecule has 1 aliphatic heterocycles. The number of piperazine rings is 1. The summed E-state index contributed by atoms with van der Waals surface area (Å²) in [5.41, 5.74) is -0.733. The normalized spacial score (nSPS) is 29.3. The molecular weight excluding hydrogens is 240 g/mol. The van der Waals surface area contributed by atoms with Crippen LogP contribution >= 0.6 is 0 Å². The number of hydrogen-bond donors (Lipinski definition) is 1. The molecule has 1 heterocycles. The van der Waals surface area contributed by atoms with Crippen molar-refractivity contribution in [3.8, 4) is 0 Å².